The highest BCUT2D eigenvalue weighted by Crippen LogP contribution is 2.23. The summed E-state index contributed by atoms with van der Waals surface area (Å²) in [5.74, 6) is -1.74. The lowest BCUT2D eigenvalue weighted by atomic mass is 9.97. The zero-order valence-corrected chi connectivity index (χ0v) is 14.8. The van der Waals surface area contributed by atoms with Gasteiger partial charge in [-0.2, -0.15) is 0 Å². The van der Waals surface area contributed by atoms with Crippen molar-refractivity contribution < 1.29 is 23.4 Å². The number of carbonyl (C=O) groups is 1. The van der Waals surface area contributed by atoms with E-state index < -0.39 is 23.5 Å². The Morgan fingerprint density at radius 2 is 1.69 bits per heavy atom. The van der Waals surface area contributed by atoms with Gasteiger partial charge in [0.15, 0.2) is 0 Å². The highest BCUT2D eigenvalue weighted by molar-refractivity contribution is 5.70. The summed E-state index contributed by atoms with van der Waals surface area (Å²) in [6, 6.07) is 10.0. The van der Waals surface area contributed by atoms with Crippen LogP contribution in [-0.2, 0) is 11.3 Å². The molecule has 0 aliphatic rings. The smallest absolute Gasteiger partial charge is 0.307 e. The van der Waals surface area contributed by atoms with Crippen molar-refractivity contribution >= 4 is 5.97 Å². The van der Waals surface area contributed by atoms with Crippen LogP contribution < -0.4 is 10.1 Å². The summed E-state index contributed by atoms with van der Waals surface area (Å²) in [6.07, 6.45) is 0.624. The molecule has 0 aliphatic carbocycles. The number of hydrogen-bond donors (Lipinski definition) is 2. The van der Waals surface area contributed by atoms with Crippen LogP contribution in [-0.4, -0.2) is 17.6 Å². The van der Waals surface area contributed by atoms with Crippen molar-refractivity contribution in [3.05, 3.63) is 59.7 Å². The Hall–Kier alpha value is -2.47. The largest absolute Gasteiger partial charge is 0.481 e. The molecule has 0 saturated heterocycles. The van der Waals surface area contributed by atoms with Crippen LogP contribution in [0.5, 0.6) is 11.5 Å². The predicted octanol–water partition coefficient (Wildman–Crippen LogP) is 4.59. The zero-order valence-electron chi connectivity index (χ0n) is 14.8. The summed E-state index contributed by atoms with van der Waals surface area (Å²) in [6.45, 7) is 4.92. The molecule has 0 spiro atoms. The second kappa shape index (κ2) is 9.29. The molecule has 1 atom stereocenters. The first-order valence-electron chi connectivity index (χ1n) is 8.50. The lowest BCUT2D eigenvalue weighted by molar-refractivity contribution is -0.142. The number of carboxylic acid groups (broad SMARTS) is 1. The van der Waals surface area contributed by atoms with Crippen LogP contribution in [0, 0.1) is 23.5 Å². The summed E-state index contributed by atoms with van der Waals surface area (Å²) in [5.41, 5.74) is 0.955. The van der Waals surface area contributed by atoms with Crippen LogP contribution in [0.2, 0.25) is 0 Å². The highest BCUT2D eigenvalue weighted by atomic mass is 19.1. The van der Waals surface area contributed by atoms with Gasteiger partial charge >= 0.3 is 5.97 Å². The number of rotatable bonds is 9. The van der Waals surface area contributed by atoms with Gasteiger partial charge in [0.2, 0.25) is 0 Å². The fraction of sp³-hybridized carbons (Fsp3) is 0.350. The minimum Gasteiger partial charge on any atom is -0.481 e. The Bertz CT molecular complexity index is 712. The number of aliphatic carboxylic acids is 1. The van der Waals surface area contributed by atoms with Crippen LogP contribution in [0.3, 0.4) is 0 Å². The maximum absolute atomic E-state index is 13.2. The molecule has 0 fully saturated rings. The summed E-state index contributed by atoms with van der Waals surface area (Å²) in [4.78, 5) is 11.2. The van der Waals surface area contributed by atoms with Gasteiger partial charge in [0.25, 0.3) is 0 Å². The van der Waals surface area contributed by atoms with Gasteiger partial charge in [0, 0.05) is 31.3 Å². The van der Waals surface area contributed by atoms with Gasteiger partial charge in [-0.25, -0.2) is 8.78 Å². The molecule has 1 unspecified atom stereocenters. The molecule has 140 valence electrons. The van der Waals surface area contributed by atoms with Crippen LogP contribution in [0.4, 0.5) is 8.78 Å². The molecule has 2 N–H and O–H groups in total. The molecule has 2 aromatic rings. The van der Waals surface area contributed by atoms with E-state index in [2.05, 4.69) is 5.32 Å². The Kier molecular flexibility index (Phi) is 7.09. The molecule has 0 aliphatic heterocycles. The standard InChI is InChI=1S/C20H23F2NO3/c1-13(2)7-15(20(24)25)12-23-11-14-3-5-18(6-4-14)26-19-9-16(21)8-17(22)10-19/h3-6,8-10,13,15,23H,7,11-12H2,1-2H3,(H,24,25). The van der Waals surface area contributed by atoms with Gasteiger partial charge in [-0.1, -0.05) is 26.0 Å². The van der Waals surface area contributed by atoms with E-state index in [-0.39, 0.29) is 5.75 Å². The summed E-state index contributed by atoms with van der Waals surface area (Å²) in [5, 5.41) is 12.4. The lowest BCUT2D eigenvalue weighted by Gasteiger charge is -2.15. The van der Waals surface area contributed by atoms with Gasteiger partial charge < -0.3 is 15.2 Å². The summed E-state index contributed by atoms with van der Waals surface area (Å²) >= 11 is 0. The van der Waals surface area contributed by atoms with Crippen molar-refractivity contribution in [3.63, 3.8) is 0 Å². The molecular formula is C20H23F2NO3. The van der Waals surface area contributed by atoms with Crippen molar-refractivity contribution in [3.8, 4) is 11.5 Å². The molecule has 0 heterocycles. The zero-order chi connectivity index (χ0) is 19.1. The molecule has 0 aromatic heterocycles. The van der Waals surface area contributed by atoms with Crippen molar-refractivity contribution in [2.45, 2.75) is 26.8 Å². The predicted molar refractivity (Wildman–Crippen MR) is 95.2 cm³/mol. The molecule has 26 heavy (non-hydrogen) atoms. The normalized spacial score (nSPS) is 12.2. The van der Waals surface area contributed by atoms with Crippen molar-refractivity contribution in [1.29, 1.82) is 0 Å². The minimum atomic E-state index is -0.794. The summed E-state index contributed by atoms with van der Waals surface area (Å²) < 4.78 is 31.8. The van der Waals surface area contributed by atoms with E-state index in [4.69, 9.17) is 4.74 Å². The van der Waals surface area contributed by atoms with Crippen molar-refractivity contribution in [2.24, 2.45) is 11.8 Å². The van der Waals surface area contributed by atoms with E-state index in [1.165, 1.54) is 0 Å². The van der Waals surface area contributed by atoms with Crippen molar-refractivity contribution in [1.82, 2.24) is 5.32 Å². The Labute approximate surface area is 151 Å². The van der Waals surface area contributed by atoms with Crippen LogP contribution >= 0.6 is 0 Å². The van der Waals surface area contributed by atoms with Crippen LogP contribution in [0.15, 0.2) is 42.5 Å². The first-order valence-corrected chi connectivity index (χ1v) is 8.50. The third kappa shape index (κ3) is 6.44. The average molecular weight is 363 g/mol. The molecule has 4 nitrogen and oxygen atoms in total. The topological polar surface area (TPSA) is 58.6 Å². The Morgan fingerprint density at radius 1 is 1.08 bits per heavy atom. The fourth-order valence-corrected chi connectivity index (χ4v) is 2.63. The van der Waals surface area contributed by atoms with E-state index in [1.807, 2.05) is 26.0 Å². The van der Waals surface area contributed by atoms with E-state index >= 15 is 0 Å². The Balaban J connectivity index is 1.88. The van der Waals surface area contributed by atoms with Crippen molar-refractivity contribution in [2.75, 3.05) is 6.54 Å². The average Bonchev–Trinajstić information content (AvgIpc) is 2.54. The van der Waals surface area contributed by atoms with Crippen LogP contribution in [0.25, 0.3) is 0 Å². The van der Waals surface area contributed by atoms with E-state index in [9.17, 15) is 18.7 Å². The number of benzene rings is 2. The van der Waals surface area contributed by atoms with Gasteiger partial charge in [0.1, 0.15) is 23.1 Å². The molecule has 2 rings (SSSR count). The second-order valence-corrected chi connectivity index (χ2v) is 6.65. The molecule has 0 radical (unpaired) electrons. The number of carboxylic acids is 1. The quantitative estimate of drug-likeness (QED) is 0.684. The molecule has 0 amide bonds. The molecule has 6 heteroatoms. The maximum atomic E-state index is 13.2. The van der Waals surface area contributed by atoms with Gasteiger partial charge in [0.05, 0.1) is 5.92 Å². The first kappa shape index (κ1) is 19.8. The highest BCUT2D eigenvalue weighted by Gasteiger charge is 2.18. The molecular weight excluding hydrogens is 340 g/mol. The first-order chi connectivity index (χ1) is 12.3. The number of halogens is 2. The molecule has 0 bridgehead atoms. The van der Waals surface area contributed by atoms with Gasteiger partial charge in [-0.05, 0) is 30.0 Å². The molecule has 0 saturated carbocycles. The monoisotopic (exact) mass is 363 g/mol. The number of hydrogen-bond acceptors (Lipinski definition) is 3. The minimum absolute atomic E-state index is 0.0892. The summed E-state index contributed by atoms with van der Waals surface area (Å²) in [7, 11) is 0. The maximum Gasteiger partial charge on any atom is 0.307 e. The van der Waals surface area contributed by atoms with E-state index in [0.717, 1.165) is 23.8 Å². The third-order valence-corrected chi connectivity index (χ3v) is 3.82. The SMILES string of the molecule is CC(C)CC(CNCc1ccc(Oc2cc(F)cc(F)c2)cc1)C(=O)O. The Morgan fingerprint density at radius 3 is 2.23 bits per heavy atom. The third-order valence-electron chi connectivity index (χ3n) is 3.82. The van der Waals surface area contributed by atoms with E-state index in [1.54, 1.807) is 12.1 Å². The van der Waals surface area contributed by atoms with Gasteiger partial charge in [-0.3, -0.25) is 4.79 Å². The lowest BCUT2D eigenvalue weighted by Crippen LogP contribution is -2.29. The fourth-order valence-electron chi connectivity index (χ4n) is 2.63. The molecule has 2 aromatic carbocycles. The number of ether oxygens (including phenoxy) is 1. The van der Waals surface area contributed by atoms with Crippen LogP contribution in [0.1, 0.15) is 25.8 Å². The van der Waals surface area contributed by atoms with E-state index in [0.29, 0.717) is 31.2 Å². The number of nitrogens with one attached hydrogen (secondary N) is 1. The van der Waals surface area contributed by atoms with Gasteiger partial charge in [-0.15, -0.1) is 0 Å². The second-order valence-electron chi connectivity index (χ2n) is 6.65.